The van der Waals surface area contributed by atoms with Gasteiger partial charge in [-0.2, -0.15) is 0 Å². The van der Waals surface area contributed by atoms with Gasteiger partial charge in [-0.3, -0.25) is 9.10 Å². The Balaban J connectivity index is 2.16. The number of amides is 1. The van der Waals surface area contributed by atoms with E-state index in [9.17, 15) is 13.2 Å². The van der Waals surface area contributed by atoms with Gasteiger partial charge in [0, 0.05) is 18.1 Å². The van der Waals surface area contributed by atoms with Gasteiger partial charge in [-0.05, 0) is 62.7 Å². The van der Waals surface area contributed by atoms with Crippen molar-refractivity contribution in [3.05, 3.63) is 94.5 Å². The standard InChI is InChI=1S/C25H27ClN2O3S/c1-4-27(5-2)25(29)23-8-6-7-9-24(23)28(18-20-12-14-21(26)15-13-20)32(30,31)22-16-10-19(3)11-17-22/h6-17H,4-5,18H2,1-3H3. The van der Waals surface area contributed by atoms with Crippen LogP contribution in [0.15, 0.2) is 77.7 Å². The topological polar surface area (TPSA) is 57.7 Å². The van der Waals surface area contributed by atoms with Crippen molar-refractivity contribution in [2.45, 2.75) is 32.2 Å². The number of nitrogens with zero attached hydrogens (tertiary/aromatic N) is 2. The molecule has 0 fully saturated rings. The lowest BCUT2D eigenvalue weighted by molar-refractivity contribution is 0.0773. The average molecular weight is 471 g/mol. The number of halogens is 1. The minimum atomic E-state index is -3.94. The SMILES string of the molecule is CCN(CC)C(=O)c1ccccc1N(Cc1ccc(Cl)cc1)S(=O)(=O)c1ccc(C)cc1. The summed E-state index contributed by atoms with van der Waals surface area (Å²) in [6, 6.07) is 20.6. The molecular weight excluding hydrogens is 444 g/mol. The fourth-order valence-corrected chi connectivity index (χ4v) is 5.04. The Kier molecular flexibility index (Phi) is 7.59. The van der Waals surface area contributed by atoms with E-state index in [2.05, 4.69) is 0 Å². The van der Waals surface area contributed by atoms with Crippen molar-refractivity contribution in [2.75, 3.05) is 17.4 Å². The second-order valence-corrected chi connectivity index (χ2v) is 9.74. The van der Waals surface area contributed by atoms with Gasteiger partial charge in [0.1, 0.15) is 0 Å². The third-order valence-electron chi connectivity index (χ3n) is 5.30. The van der Waals surface area contributed by atoms with Crippen molar-refractivity contribution in [1.82, 2.24) is 4.90 Å². The molecule has 5 nitrogen and oxygen atoms in total. The number of sulfonamides is 1. The quantitative estimate of drug-likeness (QED) is 0.435. The van der Waals surface area contributed by atoms with Gasteiger partial charge in [-0.1, -0.05) is 53.6 Å². The number of carbonyl (C=O) groups excluding carboxylic acids is 1. The van der Waals surface area contributed by atoms with E-state index >= 15 is 0 Å². The fourth-order valence-electron chi connectivity index (χ4n) is 3.45. The molecule has 3 aromatic carbocycles. The molecule has 0 aromatic heterocycles. The van der Waals surface area contributed by atoms with E-state index in [1.165, 1.54) is 4.31 Å². The number of hydrogen-bond donors (Lipinski definition) is 0. The second-order valence-electron chi connectivity index (χ2n) is 7.45. The molecule has 168 valence electrons. The molecule has 0 spiro atoms. The maximum absolute atomic E-state index is 13.8. The van der Waals surface area contributed by atoms with Crippen LogP contribution in [0.5, 0.6) is 0 Å². The van der Waals surface area contributed by atoms with Crippen molar-refractivity contribution < 1.29 is 13.2 Å². The first-order valence-corrected chi connectivity index (χ1v) is 12.3. The van der Waals surface area contributed by atoms with Crippen LogP contribution >= 0.6 is 11.6 Å². The number of anilines is 1. The fraction of sp³-hybridized carbons (Fsp3) is 0.240. The highest BCUT2D eigenvalue weighted by Gasteiger charge is 2.29. The third kappa shape index (κ3) is 5.14. The van der Waals surface area contributed by atoms with Crippen LogP contribution in [0.4, 0.5) is 5.69 Å². The molecule has 0 bridgehead atoms. The Morgan fingerprint density at radius 3 is 2.06 bits per heavy atom. The first kappa shape index (κ1) is 23.8. The highest BCUT2D eigenvalue weighted by atomic mass is 35.5. The number of hydrogen-bond acceptors (Lipinski definition) is 3. The summed E-state index contributed by atoms with van der Waals surface area (Å²) in [4.78, 5) is 15.1. The summed E-state index contributed by atoms with van der Waals surface area (Å²) >= 11 is 6.02. The maximum atomic E-state index is 13.8. The lowest BCUT2D eigenvalue weighted by atomic mass is 10.1. The number of carbonyl (C=O) groups is 1. The van der Waals surface area contributed by atoms with E-state index < -0.39 is 10.0 Å². The summed E-state index contributed by atoms with van der Waals surface area (Å²) in [6.07, 6.45) is 0. The van der Waals surface area contributed by atoms with E-state index in [4.69, 9.17) is 11.6 Å². The highest BCUT2D eigenvalue weighted by molar-refractivity contribution is 7.92. The molecule has 0 aliphatic carbocycles. The van der Waals surface area contributed by atoms with E-state index in [0.29, 0.717) is 29.4 Å². The van der Waals surface area contributed by atoms with E-state index in [0.717, 1.165) is 11.1 Å². The summed E-state index contributed by atoms with van der Waals surface area (Å²) in [5, 5.41) is 0.568. The number of aryl methyl sites for hydroxylation is 1. The highest BCUT2D eigenvalue weighted by Crippen LogP contribution is 2.30. The number of benzene rings is 3. The van der Waals surface area contributed by atoms with E-state index in [1.807, 2.05) is 20.8 Å². The molecule has 3 aromatic rings. The lowest BCUT2D eigenvalue weighted by Gasteiger charge is -2.28. The minimum Gasteiger partial charge on any atom is -0.339 e. The Morgan fingerprint density at radius 2 is 1.47 bits per heavy atom. The average Bonchev–Trinajstić information content (AvgIpc) is 2.79. The molecular formula is C25H27ClN2O3S. The van der Waals surface area contributed by atoms with Crippen molar-refractivity contribution in [3.8, 4) is 0 Å². The first-order valence-electron chi connectivity index (χ1n) is 10.5. The van der Waals surface area contributed by atoms with Crippen molar-refractivity contribution in [2.24, 2.45) is 0 Å². The van der Waals surface area contributed by atoms with Crippen molar-refractivity contribution in [1.29, 1.82) is 0 Å². The van der Waals surface area contributed by atoms with Gasteiger partial charge >= 0.3 is 0 Å². The zero-order chi connectivity index (χ0) is 23.3. The summed E-state index contributed by atoms with van der Waals surface area (Å²) in [5.74, 6) is -0.203. The maximum Gasteiger partial charge on any atom is 0.264 e. The van der Waals surface area contributed by atoms with E-state index in [1.54, 1.807) is 77.7 Å². The normalized spacial score (nSPS) is 11.2. The van der Waals surface area contributed by atoms with Crippen LogP contribution < -0.4 is 4.31 Å². The van der Waals surface area contributed by atoms with E-state index in [-0.39, 0.29) is 17.3 Å². The molecule has 0 atom stereocenters. The number of rotatable bonds is 8. The van der Waals surface area contributed by atoms with Gasteiger partial charge < -0.3 is 4.90 Å². The zero-order valence-electron chi connectivity index (χ0n) is 18.5. The molecule has 0 heterocycles. The van der Waals surface area contributed by atoms with Crippen LogP contribution in [0.25, 0.3) is 0 Å². The van der Waals surface area contributed by atoms with Crippen LogP contribution in [0.2, 0.25) is 5.02 Å². The number of para-hydroxylation sites is 1. The third-order valence-corrected chi connectivity index (χ3v) is 7.33. The van der Waals surface area contributed by atoms with Gasteiger partial charge in [0.2, 0.25) is 0 Å². The van der Waals surface area contributed by atoms with Crippen LogP contribution in [-0.2, 0) is 16.6 Å². The Morgan fingerprint density at radius 1 is 0.875 bits per heavy atom. The van der Waals surface area contributed by atoms with Gasteiger partial charge in [-0.25, -0.2) is 8.42 Å². The minimum absolute atomic E-state index is 0.0654. The predicted octanol–water partition coefficient (Wildman–Crippen LogP) is 5.53. The van der Waals surface area contributed by atoms with Crippen LogP contribution in [-0.4, -0.2) is 32.3 Å². The lowest BCUT2D eigenvalue weighted by Crippen LogP contribution is -2.35. The van der Waals surface area contributed by atoms with Crippen molar-refractivity contribution >= 4 is 33.2 Å². The Bertz CT molecular complexity index is 1170. The molecule has 0 saturated carbocycles. The molecule has 0 aliphatic rings. The van der Waals surface area contributed by atoms with Crippen LogP contribution in [0.1, 0.15) is 35.3 Å². The zero-order valence-corrected chi connectivity index (χ0v) is 20.0. The molecule has 0 aliphatic heterocycles. The second kappa shape index (κ2) is 10.2. The Hall–Kier alpha value is -2.83. The molecule has 0 radical (unpaired) electrons. The predicted molar refractivity (Wildman–Crippen MR) is 130 cm³/mol. The van der Waals surface area contributed by atoms with Gasteiger partial charge in [-0.15, -0.1) is 0 Å². The molecule has 1 amide bonds. The first-order chi connectivity index (χ1) is 15.3. The summed E-state index contributed by atoms with van der Waals surface area (Å²) in [6.45, 7) is 6.84. The molecule has 0 saturated heterocycles. The molecule has 3 rings (SSSR count). The summed E-state index contributed by atoms with van der Waals surface area (Å²) in [5.41, 5.74) is 2.42. The summed E-state index contributed by atoms with van der Waals surface area (Å²) in [7, 11) is -3.94. The Labute approximate surface area is 195 Å². The van der Waals surface area contributed by atoms with Crippen LogP contribution in [0.3, 0.4) is 0 Å². The monoisotopic (exact) mass is 470 g/mol. The van der Waals surface area contributed by atoms with Gasteiger partial charge in [0.25, 0.3) is 15.9 Å². The molecule has 7 heteroatoms. The van der Waals surface area contributed by atoms with Crippen molar-refractivity contribution in [3.63, 3.8) is 0 Å². The van der Waals surface area contributed by atoms with Crippen LogP contribution in [0, 0.1) is 6.92 Å². The summed E-state index contributed by atoms with van der Waals surface area (Å²) < 4.78 is 28.9. The van der Waals surface area contributed by atoms with Gasteiger partial charge in [0.05, 0.1) is 22.7 Å². The smallest absolute Gasteiger partial charge is 0.264 e. The molecule has 32 heavy (non-hydrogen) atoms. The molecule has 0 N–H and O–H groups in total. The van der Waals surface area contributed by atoms with Gasteiger partial charge in [0.15, 0.2) is 0 Å². The molecule has 0 unspecified atom stereocenters. The largest absolute Gasteiger partial charge is 0.339 e.